The van der Waals surface area contributed by atoms with Crippen LogP contribution in [0.25, 0.3) is 0 Å². The maximum absolute atomic E-state index is 5.14. The molecule has 0 fully saturated rings. The molecule has 0 saturated carbocycles. The Bertz CT molecular complexity index is 339. The maximum Gasteiger partial charge on any atom is 0.137 e. The normalized spacial score (nSPS) is 9.00. The fourth-order valence-electron chi connectivity index (χ4n) is 0.999. The van der Waals surface area contributed by atoms with E-state index < -0.39 is 0 Å². The van der Waals surface area contributed by atoms with Crippen LogP contribution in [-0.4, -0.2) is 25.7 Å². The van der Waals surface area contributed by atoms with Crippen molar-refractivity contribution in [1.82, 2.24) is 10.3 Å². The first-order valence-electron chi connectivity index (χ1n) is 4.50. The molecule has 1 heterocycles. The Hall–Kier alpha value is -1.53. The van der Waals surface area contributed by atoms with Gasteiger partial charge in [0.05, 0.1) is 12.7 Å². The van der Waals surface area contributed by atoms with Crippen LogP contribution in [0.4, 0.5) is 0 Å². The second-order valence-corrected chi connectivity index (χ2v) is 2.73. The molecule has 14 heavy (non-hydrogen) atoms. The molecule has 0 spiro atoms. The van der Waals surface area contributed by atoms with E-state index in [2.05, 4.69) is 22.1 Å². The Balaban J connectivity index is 2.68. The van der Waals surface area contributed by atoms with Crippen molar-refractivity contribution < 1.29 is 4.74 Å². The van der Waals surface area contributed by atoms with Gasteiger partial charge in [0.1, 0.15) is 5.75 Å². The Morgan fingerprint density at radius 3 is 3.14 bits per heavy atom. The van der Waals surface area contributed by atoms with Crippen LogP contribution in [-0.2, 0) is 0 Å². The lowest BCUT2D eigenvalue weighted by Gasteiger charge is -2.00. The zero-order chi connectivity index (χ0) is 10.2. The Kier molecular flexibility index (Phi) is 4.53. The number of nitrogens with one attached hydrogen (secondary N) is 1. The molecule has 0 amide bonds. The summed E-state index contributed by atoms with van der Waals surface area (Å²) in [7, 11) is 3.54. The van der Waals surface area contributed by atoms with Gasteiger partial charge in [0, 0.05) is 25.4 Å². The molecule has 3 heteroatoms. The number of rotatable bonds is 3. The quantitative estimate of drug-likeness (QED) is 0.571. The fraction of sp³-hybridized carbons (Fsp3) is 0.364. The zero-order valence-electron chi connectivity index (χ0n) is 8.50. The van der Waals surface area contributed by atoms with Crippen molar-refractivity contribution in [2.24, 2.45) is 0 Å². The first-order chi connectivity index (χ1) is 6.88. The highest BCUT2D eigenvalue weighted by Crippen LogP contribution is 2.13. The van der Waals surface area contributed by atoms with E-state index in [0.29, 0.717) is 0 Å². The van der Waals surface area contributed by atoms with E-state index in [1.54, 1.807) is 19.5 Å². The van der Waals surface area contributed by atoms with Gasteiger partial charge < -0.3 is 10.1 Å². The van der Waals surface area contributed by atoms with Gasteiger partial charge in [0.15, 0.2) is 0 Å². The van der Waals surface area contributed by atoms with Crippen molar-refractivity contribution in [3.05, 3.63) is 24.0 Å². The van der Waals surface area contributed by atoms with Crippen LogP contribution in [0.5, 0.6) is 5.75 Å². The minimum Gasteiger partial charge on any atom is -0.495 e. The van der Waals surface area contributed by atoms with Crippen LogP contribution in [0.1, 0.15) is 12.0 Å². The summed E-state index contributed by atoms with van der Waals surface area (Å²) in [6, 6.07) is 1.81. The van der Waals surface area contributed by atoms with E-state index in [9.17, 15) is 0 Å². The van der Waals surface area contributed by atoms with Crippen LogP contribution >= 0.6 is 0 Å². The third kappa shape index (κ3) is 3.08. The van der Waals surface area contributed by atoms with E-state index in [1.807, 2.05) is 13.1 Å². The lowest BCUT2D eigenvalue weighted by molar-refractivity contribution is 0.413. The Morgan fingerprint density at radius 2 is 2.43 bits per heavy atom. The average molecular weight is 190 g/mol. The van der Waals surface area contributed by atoms with Crippen molar-refractivity contribution in [3.8, 4) is 17.6 Å². The molecule has 0 aliphatic heterocycles. The second kappa shape index (κ2) is 6.01. The third-order valence-corrected chi connectivity index (χ3v) is 1.72. The largest absolute Gasteiger partial charge is 0.495 e. The third-order valence-electron chi connectivity index (χ3n) is 1.72. The molecule has 0 aliphatic carbocycles. The SMILES string of the molecule is CNCCC#Cc1cnccc1OC. The second-order valence-electron chi connectivity index (χ2n) is 2.73. The van der Waals surface area contributed by atoms with Gasteiger partial charge in [-0.25, -0.2) is 0 Å². The van der Waals surface area contributed by atoms with Crippen LogP contribution in [0.15, 0.2) is 18.5 Å². The van der Waals surface area contributed by atoms with Gasteiger partial charge in [-0.3, -0.25) is 4.98 Å². The molecular formula is C11H14N2O. The van der Waals surface area contributed by atoms with Crippen molar-refractivity contribution in [2.45, 2.75) is 6.42 Å². The standard InChI is InChI=1S/C11H14N2O/c1-12-7-4-3-5-10-9-13-8-6-11(10)14-2/h6,8-9,12H,4,7H2,1-2H3. The number of hydrogen-bond donors (Lipinski definition) is 1. The maximum atomic E-state index is 5.14. The monoisotopic (exact) mass is 190 g/mol. The molecule has 1 aromatic rings. The van der Waals surface area contributed by atoms with Crippen molar-refractivity contribution in [3.63, 3.8) is 0 Å². The molecule has 0 radical (unpaired) electrons. The van der Waals surface area contributed by atoms with E-state index in [1.165, 1.54) is 0 Å². The summed E-state index contributed by atoms with van der Waals surface area (Å²) < 4.78 is 5.14. The summed E-state index contributed by atoms with van der Waals surface area (Å²) >= 11 is 0. The Labute approximate surface area is 84.5 Å². The molecule has 0 aliphatic rings. The number of nitrogens with zero attached hydrogens (tertiary/aromatic N) is 1. The molecule has 0 aromatic carbocycles. The molecule has 74 valence electrons. The van der Waals surface area contributed by atoms with Crippen LogP contribution in [0.3, 0.4) is 0 Å². The highest BCUT2D eigenvalue weighted by atomic mass is 16.5. The predicted octanol–water partition coefficient (Wildman–Crippen LogP) is 1.05. The Morgan fingerprint density at radius 1 is 1.57 bits per heavy atom. The van der Waals surface area contributed by atoms with Gasteiger partial charge in [-0.05, 0) is 13.1 Å². The summed E-state index contributed by atoms with van der Waals surface area (Å²) in [6.45, 7) is 0.898. The first-order valence-corrected chi connectivity index (χ1v) is 4.50. The molecule has 0 unspecified atom stereocenters. The fourth-order valence-corrected chi connectivity index (χ4v) is 0.999. The lowest BCUT2D eigenvalue weighted by Crippen LogP contribution is -2.05. The molecule has 0 atom stereocenters. The summed E-state index contributed by atoms with van der Waals surface area (Å²) in [5.74, 6) is 6.84. The summed E-state index contributed by atoms with van der Waals surface area (Å²) in [6.07, 6.45) is 4.23. The van der Waals surface area contributed by atoms with Crippen molar-refractivity contribution in [1.29, 1.82) is 0 Å². The number of hydrogen-bond acceptors (Lipinski definition) is 3. The molecule has 0 saturated heterocycles. The highest BCUT2D eigenvalue weighted by Gasteiger charge is 1.96. The van der Waals surface area contributed by atoms with E-state index in [4.69, 9.17) is 4.74 Å². The molecular weight excluding hydrogens is 176 g/mol. The van der Waals surface area contributed by atoms with E-state index >= 15 is 0 Å². The highest BCUT2D eigenvalue weighted by molar-refractivity contribution is 5.43. The summed E-state index contributed by atoms with van der Waals surface area (Å²) in [5.41, 5.74) is 0.839. The molecule has 3 nitrogen and oxygen atoms in total. The number of pyridine rings is 1. The molecule has 1 rings (SSSR count). The zero-order valence-corrected chi connectivity index (χ0v) is 8.50. The summed E-state index contributed by atoms with van der Waals surface area (Å²) in [4.78, 5) is 3.99. The average Bonchev–Trinajstić information content (AvgIpc) is 2.25. The van der Waals surface area contributed by atoms with Crippen LogP contribution < -0.4 is 10.1 Å². The molecule has 1 N–H and O–H groups in total. The lowest BCUT2D eigenvalue weighted by atomic mass is 10.2. The van der Waals surface area contributed by atoms with Gasteiger partial charge in [-0.2, -0.15) is 0 Å². The van der Waals surface area contributed by atoms with Gasteiger partial charge in [-0.15, -0.1) is 0 Å². The van der Waals surface area contributed by atoms with Gasteiger partial charge in [-0.1, -0.05) is 11.8 Å². The molecule has 0 bridgehead atoms. The number of ether oxygens (including phenoxy) is 1. The minimum absolute atomic E-state index is 0.775. The van der Waals surface area contributed by atoms with Crippen LogP contribution in [0, 0.1) is 11.8 Å². The van der Waals surface area contributed by atoms with Crippen LogP contribution in [0.2, 0.25) is 0 Å². The molecule has 1 aromatic heterocycles. The first kappa shape index (κ1) is 10.6. The minimum atomic E-state index is 0.775. The van der Waals surface area contributed by atoms with Gasteiger partial charge in [0.2, 0.25) is 0 Å². The van der Waals surface area contributed by atoms with E-state index in [0.717, 1.165) is 24.3 Å². The van der Waals surface area contributed by atoms with E-state index in [-0.39, 0.29) is 0 Å². The van der Waals surface area contributed by atoms with Crippen molar-refractivity contribution >= 4 is 0 Å². The smallest absolute Gasteiger partial charge is 0.137 e. The van der Waals surface area contributed by atoms with Gasteiger partial charge in [0.25, 0.3) is 0 Å². The summed E-state index contributed by atoms with van der Waals surface area (Å²) in [5, 5.41) is 3.03. The predicted molar refractivity (Wildman–Crippen MR) is 56.2 cm³/mol. The van der Waals surface area contributed by atoms with Crippen molar-refractivity contribution in [2.75, 3.05) is 20.7 Å². The van der Waals surface area contributed by atoms with Gasteiger partial charge >= 0.3 is 0 Å². The number of methoxy groups -OCH3 is 1. The topological polar surface area (TPSA) is 34.2 Å². The number of aromatic nitrogens is 1.